The maximum absolute atomic E-state index is 14.7. The molecule has 0 bridgehead atoms. The van der Waals surface area contributed by atoms with E-state index in [-0.39, 0.29) is 5.39 Å². The predicted octanol–water partition coefficient (Wildman–Crippen LogP) is 4.28. The van der Waals surface area contributed by atoms with Crippen molar-refractivity contribution >= 4 is 43.8 Å². The quantitative estimate of drug-likeness (QED) is 0.442. The van der Waals surface area contributed by atoms with Crippen LogP contribution >= 0.6 is 0 Å². The van der Waals surface area contributed by atoms with Crippen LogP contribution in [0.4, 0.5) is 21.8 Å². The molecule has 4 aromatic rings. The lowest BCUT2D eigenvalue weighted by Crippen LogP contribution is -2.28. The lowest BCUT2D eigenvalue weighted by atomic mass is 9.92. The Morgan fingerprint density at radius 3 is 2.89 bits per heavy atom. The largest absolute Gasteiger partial charge is 0.489 e. The van der Waals surface area contributed by atoms with E-state index in [2.05, 4.69) is 48.7 Å². The fourth-order valence-corrected chi connectivity index (χ4v) is 5.17. The number of aromatic nitrogens is 4. The number of halogens is 1. The number of fused-ring (bicyclic) bond motifs is 1. The van der Waals surface area contributed by atoms with E-state index in [1.165, 1.54) is 40.6 Å². The fraction of sp³-hybridized carbons (Fsp3) is 0.240. The maximum atomic E-state index is 14.7. The molecule has 36 heavy (non-hydrogen) atoms. The van der Waals surface area contributed by atoms with E-state index in [1.807, 2.05) is 6.07 Å². The molecule has 6 rings (SSSR count). The van der Waals surface area contributed by atoms with Crippen LogP contribution in [0, 0.1) is 5.82 Å². The molecule has 3 aromatic heterocycles. The second-order valence-corrected chi connectivity index (χ2v) is 11.8. The third-order valence-electron chi connectivity index (χ3n) is 5.99. The molecule has 0 radical (unpaired) electrons. The molecule has 0 saturated heterocycles. The first-order chi connectivity index (χ1) is 17.2. The van der Waals surface area contributed by atoms with Crippen molar-refractivity contribution in [1.82, 2.24) is 24.4 Å². The highest BCUT2D eigenvalue weighted by Gasteiger charge is 2.25. The Hall–Kier alpha value is -3.83. The zero-order valence-corrected chi connectivity index (χ0v) is 20.8. The smallest absolute Gasteiger partial charge is 0.229 e. The van der Waals surface area contributed by atoms with Crippen LogP contribution in [-0.2, 0) is 16.3 Å². The first kappa shape index (κ1) is 22.6. The normalized spacial score (nSPS) is 15.3. The number of benzene rings is 1. The molecule has 5 heterocycles. The van der Waals surface area contributed by atoms with Crippen molar-refractivity contribution in [3.63, 3.8) is 0 Å². The van der Waals surface area contributed by atoms with Crippen LogP contribution in [0.1, 0.15) is 11.1 Å². The highest BCUT2D eigenvalue weighted by atomic mass is 32.2. The van der Waals surface area contributed by atoms with E-state index >= 15 is 0 Å². The zero-order chi connectivity index (χ0) is 25.0. The van der Waals surface area contributed by atoms with Gasteiger partial charge in [-0.1, -0.05) is 6.07 Å². The van der Waals surface area contributed by atoms with E-state index in [1.54, 1.807) is 18.2 Å². The minimum absolute atomic E-state index is 0.264. The van der Waals surface area contributed by atoms with Crippen LogP contribution in [0.5, 0.6) is 5.75 Å². The Morgan fingerprint density at radius 1 is 1.19 bits per heavy atom. The Balaban J connectivity index is 1.39. The third kappa shape index (κ3) is 4.20. The van der Waals surface area contributed by atoms with Gasteiger partial charge in [-0.2, -0.15) is 9.35 Å². The minimum atomic E-state index is -2.39. The number of nitrogens with zero attached hydrogens (tertiary/aromatic N) is 6. The van der Waals surface area contributed by atoms with Crippen molar-refractivity contribution < 1.29 is 13.3 Å². The van der Waals surface area contributed by atoms with E-state index in [4.69, 9.17) is 4.74 Å². The van der Waals surface area contributed by atoms with Crippen molar-refractivity contribution in [3.05, 3.63) is 65.7 Å². The average Bonchev–Trinajstić information content (AvgIpc) is 3.14. The number of hydrogen-bond acceptors (Lipinski definition) is 8. The van der Waals surface area contributed by atoms with Gasteiger partial charge in [0.25, 0.3) is 0 Å². The second kappa shape index (κ2) is 8.38. The number of likely N-dealkylation sites (N-methyl/N-ethyl adjacent to an activating group) is 1. The summed E-state index contributed by atoms with van der Waals surface area (Å²) in [6, 6.07) is 9.12. The summed E-state index contributed by atoms with van der Waals surface area (Å²) in [6.45, 7) is 2.24. The van der Waals surface area contributed by atoms with Gasteiger partial charge in [0.05, 0.1) is 5.39 Å². The summed E-state index contributed by atoms with van der Waals surface area (Å²) in [5.41, 5.74) is 4.75. The summed E-state index contributed by atoms with van der Waals surface area (Å²) < 4.78 is 38.4. The molecule has 0 atom stereocenters. The first-order valence-electron chi connectivity index (χ1n) is 11.4. The molecule has 1 N–H and O–H groups in total. The topological polar surface area (TPSA) is 97.5 Å². The summed E-state index contributed by atoms with van der Waals surface area (Å²) in [4.78, 5) is 15.6. The molecule has 0 unspecified atom stereocenters. The number of pyridine rings is 1. The van der Waals surface area contributed by atoms with Crippen LogP contribution < -0.4 is 10.1 Å². The van der Waals surface area contributed by atoms with Gasteiger partial charge >= 0.3 is 0 Å². The molecule has 184 valence electrons. The zero-order valence-electron chi connectivity index (χ0n) is 20.0. The number of rotatable bonds is 4. The second-order valence-electron chi connectivity index (χ2n) is 9.25. The predicted molar refractivity (Wildman–Crippen MR) is 138 cm³/mol. The van der Waals surface area contributed by atoms with Crippen molar-refractivity contribution in [3.8, 4) is 11.6 Å². The van der Waals surface area contributed by atoms with Crippen LogP contribution in [0.25, 0.3) is 22.4 Å². The van der Waals surface area contributed by atoms with Gasteiger partial charge in [0, 0.05) is 65.0 Å². The molecule has 0 amide bonds. The van der Waals surface area contributed by atoms with Crippen molar-refractivity contribution in [1.29, 1.82) is 0 Å². The van der Waals surface area contributed by atoms with E-state index in [0.29, 0.717) is 29.8 Å². The Bertz CT molecular complexity index is 1680. The number of ether oxygens (including phenoxy) is 1. The van der Waals surface area contributed by atoms with Gasteiger partial charge in [-0.15, -0.1) is 0 Å². The monoisotopic (exact) mass is 505 g/mol. The summed E-state index contributed by atoms with van der Waals surface area (Å²) in [5, 5.41) is 3.52. The average molecular weight is 506 g/mol. The summed E-state index contributed by atoms with van der Waals surface area (Å²) in [7, 11) is -0.301. The van der Waals surface area contributed by atoms with Gasteiger partial charge in [-0.3, -0.25) is 9.47 Å². The van der Waals surface area contributed by atoms with E-state index < -0.39 is 15.5 Å². The van der Waals surface area contributed by atoms with Gasteiger partial charge in [-0.05, 0) is 42.5 Å². The number of hydrogen-bond donors (Lipinski definition) is 1. The summed E-state index contributed by atoms with van der Waals surface area (Å²) >= 11 is 0. The SMILES string of the molecule is CN1CC2=CCOc3cc(Nc4ncc5c(F)cn(-c6cccc(N=S(C)(C)=O)n6)c5n4)cc(c32)C1. The summed E-state index contributed by atoms with van der Waals surface area (Å²) in [5.74, 6) is 1.40. The maximum Gasteiger partial charge on any atom is 0.229 e. The molecular formula is C25H24FN7O2S. The van der Waals surface area contributed by atoms with Crippen LogP contribution in [0.2, 0.25) is 0 Å². The summed E-state index contributed by atoms with van der Waals surface area (Å²) in [6.07, 6.45) is 7.96. The molecule has 1 aromatic carbocycles. The van der Waals surface area contributed by atoms with Gasteiger partial charge in [0.15, 0.2) is 17.3 Å². The Morgan fingerprint density at radius 2 is 2.06 bits per heavy atom. The van der Waals surface area contributed by atoms with Crippen molar-refractivity contribution in [2.24, 2.45) is 4.36 Å². The van der Waals surface area contributed by atoms with Crippen LogP contribution in [0.3, 0.4) is 0 Å². The third-order valence-corrected chi connectivity index (χ3v) is 6.61. The molecule has 2 aliphatic rings. The van der Waals surface area contributed by atoms with Crippen LogP contribution in [-0.4, -0.2) is 61.3 Å². The molecule has 0 spiro atoms. The van der Waals surface area contributed by atoms with Gasteiger partial charge in [-0.25, -0.2) is 18.6 Å². The highest BCUT2D eigenvalue weighted by Crippen LogP contribution is 2.39. The lowest BCUT2D eigenvalue weighted by Gasteiger charge is -2.31. The standard InChI is InChI=1S/C25H24FN7O2S/c1-32-12-15-7-8-35-20-10-17(9-16(13-32)23(15)20)28-25-27-11-18-19(26)14-33(24(18)30-25)22-6-4-5-21(29-22)31-36(2,3)34/h4-7,9-11,14H,8,12-13H2,1-3H3,(H,27,28,30). The lowest BCUT2D eigenvalue weighted by molar-refractivity contribution is 0.330. The Labute approximate surface area is 207 Å². The van der Waals surface area contributed by atoms with Crippen molar-refractivity contribution in [2.75, 3.05) is 38.0 Å². The van der Waals surface area contributed by atoms with Gasteiger partial charge < -0.3 is 10.1 Å². The van der Waals surface area contributed by atoms with E-state index in [9.17, 15) is 8.60 Å². The highest BCUT2D eigenvalue weighted by molar-refractivity contribution is 7.92. The molecule has 11 heteroatoms. The number of anilines is 2. The fourth-order valence-electron chi connectivity index (χ4n) is 4.62. The molecule has 0 fully saturated rings. The van der Waals surface area contributed by atoms with Crippen LogP contribution in [0.15, 0.2) is 53.2 Å². The molecule has 0 aliphatic carbocycles. The van der Waals surface area contributed by atoms with Gasteiger partial charge in [0.2, 0.25) is 5.95 Å². The first-order valence-corrected chi connectivity index (χ1v) is 13.7. The molecule has 2 aliphatic heterocycles. The molecule has 9 nitrogen and oxygen atoms in total. The van der Waals surface area contributed by atoms with E-state index in [0.717, 1.165) is 30.1 Å². The van der Waals surface area contributed by atoms with Crippen molar-refractivity contribution in [2.45, 2.75) is 6.54 Å². The Kier molecular flexibility index (Phi) is 5.27. The minimum Gasteiger partial charge on any atom is -0.489 e. The molecule has 0 saturated carbocycles. The van der Waals surface area contributed by atoms with Gasteiger partial charge in [0.1, 0.15) is 18.2 Å². The molecular weight excluding hydrogens is 481 g/mol. The number of nitrogens with one attached hydrogen (secondary N) is 1.